The predicted octanol–water partition coefficient (Wildman–Crippen LogP) is 1.92. The number of nitrogens with one attached hydrogen (secondary N) is 3. The summed E-state index contributed by atoms with van der Waals surface area (Å²) in [5.74, 6) is -2.26. The number of benzene rings is 3. The molecule has 0 fully saturated rings. The highest BCUT2D eigenvalue weighted by atomic mass is 33.1. The predicted molar refractivity (Wildman–Crippen MR) is 199 cm³/mol. The first-order chi connectivity index (χ1) is 23.7. The maximum absolute atomic E-state index is 12.8. The third-order valence-electron chi connectivity index (χ3n) is 7.56. The molecule has 0 aliphatic carbocycles. The maximum atomic E-state index is 12.8. The van der Waals surface area contributed by atoms with Crippen LogP contribution in [0.15, 0.2) is 91.0 Å². The lowest BCUT2D eigenvalue weighted by Gasteiger charge is -2.27. The van der Waals surface area contributed by atoms with Gasteiger partial charge in [-0.2, -0.15) is 0 Å². The van der Waals surface area contributed by atoms with Gasteiger partial charge in [-0.05, 0) is 49.2 Å². The summed E-state index contributed by atoms with van der Waals surface area (Å²) in [7, 11) is 2.89. The summed E-state index contributed by atoms with van der Waals surface area (Å²) < 4.78 is 9.13. The Morgan fingerprint density at radius 1 is 0.755 bits per heavy atom. The van der Waals surface area contributed by atoms with Crippen LogP contribution < -0.4 is 37.6 Å². The summed E-state index contributed by atoms with van der Waals surface area (Å²) >= 11 is 0. The number of ether oxygens (including phenoxy) is 2. The zero-order chi connectivity index (χ0) is 35.5. The Balaban J connectivity index is 1.55. The van der Waals surface area contributed by atoms with Crippen LogP contribution >= 0.6 is 28.9 Å². The quantitative estimate of drug-likeness (QED) is 0.0585. The smallest absolute Gasteiger partial charge is 0.325 e. The normalized spacial score (nSPS) is 12.2. The highest BCUT2D eigenvalue weighted by Crippen LogP contribution is 2.55. The third kappa shape index (κ3) is 12.5. The van der Waals surface area contributed by atoms with Gasteiger partial charge in [-0.3, -0.25) is 24.0 Å². The molecule has 0 aliphatic rings. The van der Waals surface area contributed by atoms with Gasteiger partial charge >= 0.3 is 11.9 Å². The first-order valence-corrected chi connectivity index (χ1v) is 20.2. The lowest BCUT2D eigenvalue weighted by atomic mass is 10.1. The van der Waals surface area contributed by atoms with Crippen molar-refractivity contribution in [2.24, 2.45) is 5.73 Å². The van der Waals surface area contributed by atoms with E-state index in [9.17, 15) is 24.0 Å². The molecule has 3 aromatic rings. The minimum atomic E-state index is -2.00. The van der Waals surface area contributed by atoms with Gasteiger partial charge in [0.1, 0.15) is 41.8 Å². The van der Waals surface area contributed by atoms with Crippen LogP contribution in [-0.2, 0) is 33.4 Å². The molecule has 49 heavy (non-hydrogen) atoms. The molecular formula is C35H44N4O7PS2+. The number of hydrogen-bond donors (Lipinski definition) is 4. The number of esters is 2. The van der Waals surface area contributed by atoms with E-state index in [0.717, 1.165) is 12.6 Å². The Hall–Kier alpha value is -3.90. The molecule has 262 valence electrons. The van der Waals surface area contributed by atoms with Gasteiger partial charge in [0.05, 0.1) is 26.1 Å². The molecule has 0 heterocycles. The van der Waals surface area contributed by atoms with Crippen LogP contribution in [0, 0.1) is 0 Å². The lowest BCUT2D eigenvalue weighted by Crippen LogP contribution is -2.49. The molecular weight excluding hydrogens is 684 g/mol. The van der Waals surface area contributed by atoms with Crippen molar-refractivity contribution in [2.75, 3.05) is 45.0 Å². The van der Waals surface area contributed by atoms with Gasteiger partial charge in [-0.15, -0.1) is 0 Å². The summed E-state index contributed by atoms with van der Waals surface area (Å²) in [4.78, 5) is 61.1. The van der Waals surface area contributed by atoms with Gasteiger partial charge in [-0.25, -0.2) is 0 Å². The number of amides is 3. The van der Waals surface area contributed by atoms with Crippen LogP contribution in [0.3, 0.4) is 0 Å². The minimum Gasteiger partial charge on any atom is -0.468 e. The SMILES string of the molecule is COC(=O)CNC(=O)[C@H](CSSCC(=O)NCCC[P+](c1ccccc1)(c1ccccc1)c1ccccc1)NC(=O)CC[C@H](N)C(=O)OC. The summed E-state index contributed by atoms with van der Waals surface area (Å²) in [6.45, 7) is 0.137. The average Bonchev–Trinajstić information content (AvgIpc) is 3.14. The molecule has 11 nitrogen and oxygen atoms in total. The molecule has 0 unspecified atom stereocenters. The van der Waals surface area contributed by atoms with Gasteiger partial charge in [0, 0.05) is 18.7 Å². The van der Waals surface area contributed by atoms with E-state index in [0.29, 0.717) is 6.54 Å². The fourth-order valence-electron chi connectivity index (χ4n) is 5.05. The van der Waals surface area contributed by atoms with Gasteiger partial charge in [0.15, 0.2) is 0 Å². The van der Waals surface area contributed by atoms with Crippen LogP contribution in [0.1, 0.15) is 19.3 Å². The van der Waals surface area contributed by atoms with Crippen molar-refractivity contribution in [1.29, 1.82) is 0 Å². The Labute approximate surface area is 296 Å². The Morgan fingerprint density at radius 3 is 1.82 bits per heavy atom. The zero-order valence-electron chi connectivity index (χ0n) is 27.7. The summed E-state index contributed by atoms with van der Waals surface area (Å²) in [6, 6.07) is 29.7. The van der Waals surface area contributed by atoms with Gasteiger partial charge < -0.3 is 31.2 Å². The van der Waals surface area contributed by atoms with E-state index in [1.54, 1.807) is 0 Å². The highest BCUT2D eigenvalue weighted by molar-refractivity contribution is 8.76. The molecule has 0 spiro atoms. The summed E-state index contributed by atoms with van der Waals surface area (Å²) in [6.07, 6.45) is 1.56. The fraction of sp³-hybridized carbons (Fsp3) is 0.343. The summed E-state index contributed by atoms with van der Waals surface area (Å²) in [5.41, 5.74) is 5.71. The topological polar surface area (TPSA) is 166 Å². The largest absolute Gasteiger partial charge is 0.468 e. The monoisotopic (exact) mass is 727 g/mol. The van der Waals surface area contributed by atoms with Crippen molar-refractivity contribution in [3.8, 4) is 0 Å². The highest BCUT2D eigenvalue weighted by Gasteiger charge is 2.44. The second-order valence-corrected chi connectivity index (χ2v) is 17.0. The average molecular weight is 728 g/mol. The van der Waals surface area contributed by atoms with Crippen LogP contribution in [0.2, 0.25) is 0 Å². The van der Waals surface area contributed by atoms with E-state index < -0.39 is 43.1 Å². The van der Waals surface area contributed by atoms with Crippen molar-refractivity contribution in [1.82, 2.24) is 16.0 Å². The van der Waals surface area contributed by atoms with E-state index in [2.05, 4.69) is 98.2 Å². The minimum absolute atomic E-state index is 0.0300. The number of hydrogen-bond acceptors (Lipinski definition) is 10. The van der Waals surface area contributed by atoms with Gasteiger partial charge in [0.25, 0.3) is 0 Å². The molecule has 0 saturated heterocycles. The number of nitrogens with two attached hydrogens (primary N) is 1. The third-order valence-corrected chi connectivity index (χ3v) is 14.4. The van der Waals surface area contributed by atoms with Crippen molar-refractivity contribution in [3.05, 3.63) is 91.0 Å². The second-order valence-electron chi connectivity index (χ2n) is 10.9. The molecule has 3 amide bonds. The molecule has 5 N–H and O–H groups in total. The molecule has 0 saturated carbocycles. The number of carbonyl (C=O) groups is 5. The van der Waals surface area contributed by atoms with E-state index in [-0.39, 0.29) is 36.8 Å². The van der Waals surface area contributed by atoms with Crippen LogP contribution in [0.25, 0.3) is 0 Å². The van der Waals surface area contributed by atoms with E-state index in [1.807, 2.05) is 18.2 Å². The molecule has 0 aromatic heterocycles. The Bertz CT molecular complexity index is 1410. The standard InChI is InChI=1S/C35H43N4O7PS2/c1-45-33(42)23-38-34(43)30(39-31(40)20-19-29(36)35(44)46-2)24-48-49-25-32(41)37-21-12-22-47(26-13-6-3-7-14-26,27-15-8-4-9-16-27)28-17-10-5-11-18-28/h3-11,13-18,29-30H,12,19-25,36H2,1-2H3,(H2-,37,38,39,40,41,43)/p+1/t29-,30-/m0/s1. The van der Waals surface area contributed by atoms with E-state index in [1.165, 1.54) is 51.7 Å². The fourth-order valence-corrected chi connectivity index (χ4v) is 11.4. The first kappa shape index (κ1) is 39.5. The van der Waals surface area contributed by atoms with Gasteiger partial charge in [-0.1, -0.05) is 76.2 Å². The van der Waals surface area contributed by atoms with E-state index >= 15 is 0 Å². The van der Waals surface area contributed by atoms with Crippen LogP contribution in [-0.4, -0.2) is 86.7 Å². The molecule has 0 radical (unpaired) electrons. The molecule has 3 rings (SSSR count). The molecule has 3 aromatic carbocycles. The lowest BCUT2D eigenvalue weighted by molar-refractivity contribution is -0.142. The van der Waals surface area contributed by atoms with Crippen molar-refractivity contribution in [2.45, 2.75) is 31.3 Å². The first-order valence-electron chi connectivity index (χ1n) is 15.7. The molecule has 14 heteroatoms. The van der Waals surface area contributed by atoms with Crippen molar-refractivity contribution in [3.63, 3.8) is 0 Å². The molecule has 0 bridgehead atoms. The van der Waals surface area contributed by atoms with Crippen LogP contribution in [0.5, 0.6) is 0 Å². The van der Waals surface area contributed by atoms with Gasteiger partial charge in [0.2, 0.25) is 17.7 Å². The van der Waals surface area contributed by atoms with Crippen LogP contribution in [0.4, 0.5) is 0 Å². The van der Waals surface area contributed by atoms with Crippen molar-refractivity contribution < 1.29 is 33.4 Å². The second kappa shape index (κ2) is 21.2. The molecule has 0 aliphatic heterocycles. The van der Waals surface area contributed by atoms with Crippen molar-refractivity contribution >= 4 is 74.4 Å². The Morgan fingerprint density at radius 2 is 1.31 bits per heavy atom. The number of rotatable bonds is 20. The van der Waals surface area contributed by atoms with E-state index in [4.69, 9.17) is 5.73 Å². The Kier molecular flexibility index (Phi) is 17.1. The number of carbonyl (C=O) groups excluding carboxylic acids is 5. The summed E-state index contributed by atoms with van der Waals surface area (Å²) in [5, 5.41) is 11.9. The zero-order valence-corrected chi connectivity index (χ0v) is 30.2. The number of methoxy groups -OCH3 is 2. The molecule has 2 atom stereocenters. The maximum Gasteiger partial charge on any atom is 0.325 e.